The van der Waals surface area contributed by atoms with Crippen LogP contribution >= 0.6 is 11.6 Å². The summed E-state index contributed by atoms with van der Waals surface area (Å²) < 4.78 is 6.46. The van der Waals surface area contributed by atoms with E-state index in [-0.39, 0.29) is 5.91 Å². The molecule has 0 aliphatic heterocycles. The molecule has 0 fully saturated rings. The lowest BCUT2D eigenvalue weighted by atomic mass is 10.2. The monoisotopic (exact) mass is 259 g/mol. The van der Waals surface area contributed by atoms with E-state index in [1.807, 2.05) is 0 Å². The van der Waals surface area contributed by atoms with Crippen molar-refractivity contribution in [2.75, 3.05) is 27.3 Å². The maximum absolute atomic E-state index is 12.1. The molecule has 0 bridgehead atoms. The molecule has 0 aliphatic carbocycles. The van der Waals surface area contributed by atoms with Crippen LogP contribution in [0.1, 0.15) is 22.5 Å². The van der Waals surface area contributed by atoms with E-state index >= 15 is 0 Å². The predicted molar refractivity (Wildman–Crippen MR) is 66.4 cm³/mol. The Bertz CT molecular complexity index is 404. The van der Waals surface area contributed by atoms with E-state index in [0.29, 0.717) is 29.6 Å². The second-order valence-electron chi connectivity index (χ2n) is 3.95. The molecule has 0 spiro atoms. The Hall–Kier alpha value is -1.07. The molecule has 0 N–H and O–H groups in total. The second-order valence-corrected chi connectivity index (χ2v) is 4.31. The van der Waals surface area contributed by atoms with Crippen LogP contribution in [0.5, 0.6) is 0 Å². The molecule has 1 rings (SSSR count). The van der Waals surface area contributed by atoms with Gasteiger partial charge in [0.1, 0.15) is 5.15 Å². The van der Waals surface area contributed by atoms with Crippen molar-refractivity contribution in [3.63, 3.8) is 0 Å². The summed E-state index contributed by atoms with van der Waals surface area (Å²) in [7, 11) is 5.11. The molecule has 0 radical (unpaired) electrons. The number of nitrogens with zero attached hydrogens (tertiary/aromatic N) is 3. The van der Waals surface area contributed by atoms with Gasteiger partial charge in [-0.15, -0.1) is 0 Å². The molecule has 0 saturated carbocycles. The van der Waals surface area contributed by atoms with Crippen LogP contribution in [0.15, 0.2) is 0 Å². The van der Waals surface area contributed by atoms with Gasteiger partial charge in [0.15, 0.2) is 0 Å². The number of hydrogen-bond acceptors (Lipinski definition) is 3. The van der Waals surface area contributed by atoms with Gasteiger partial charge in [-0.25, -0.2) is 0 Å². The zero-order valence-corrected chi connectivity index (χ0v) is 11.4. The number of aryl methyl sites for hydroxylation is 2. The first kappa shape index (κ1) is 14.0. The first-order valence-electron chi connectivity index (χ1n) is 5.42. The number of carbonyl (C=O) groups is 1. The summed E-state index contributed by atoms with van der Waals surface area (Å²) in [6, 6.07) is 0. The van der Waals surface area contributed by atoms with E-state index in [1.54, 1.807) is 33.0 Å². The molecule has 0 atom stereocenters. The standard InChI is InChI=1S/C11H18ClN3O2/c1-8-9(10(12)15(3)13-8)11(16)14(2)6-5-7-17-4/h5-7H2,1-4H3. The smallest absolute Gasteiger partial charge is 0.258 e. The third kappa shape index (κ3) is 3.20. The molecule has 1 aromatic heterocycles. The summed E-state index contributed by atoms with van der Waals surface area (Å²) in [5, 5.41) is 4.50. The van der Waals surface area contributed by atoms with E-state index in [0.717, 1.165) is 6.42 Å². The van der Waals surface area contributed by atoms with Crippen molar-refractivity contribution in [1.82, 2.24) is 14.7 Å². The second kappa shape index (κ2) is 6.02. The molecule has 0 aromatic carbocycles. The molecule has 0 aliphatic rings. The number of ether oxygens (including phenoxy) is 1. The minimum Gasteiger partial charge on any atom is -0.385 e. The van der Waals surface area contributed by atoms with Crippen LogP contribution in [0.2, 0.25) is 5.15 Å². The fourth-order valence-corrected chi connectivity index (χ4v) is 1.87. The number of methoxy groups -OCH3 is 1. The summed E-state index contributed by atoms with van der Waals surface area (Å²) >= 11 is 6.04. The minimum atomic E-state index is -0.100. The van der Waals surface area contributed by atoms with Gasteiger partial charge < -0.3 is 9.64 Å². The number of aromatic nitrogens is 2. The van der Waals surface area contributed by atoms with Crippen molar-refractivity contribution in [1.29, 1.82) is 0 Å². The van der Waals surface area contributed by atoms with Crippen molar-refractivity contribution < 1.29 is 9.53 Å². The number of halogens is 1. The molecular weight excluding hydrogens is 242 g/mol. The van der Waals surface area contributed by atoms with Gasteiger partial charge in [0.25, 0.3) is 5.91 Å². The Labute approximate surface area is 106 Å². The maximum atomic E-state index is 12.1. The summed E-state index contributed by atoms with van der Waals surface area (Å²) in [5.41, 5.74) is 1.13. The lowest BCUT2D eigenvalue weighted by molar-refractivity contribution is 0.0779. The predicted octanol–water partition coefficient (Wildman–Crippen LogP) is 1.49. The van der Waals surface area contributed by atoms with Gasteiger partial charge in [0, 0.05) is 34.4 Å². The van der Waals surface area contributed by atoms with E-state index in [4.69, 9.17) is 16.3 Å². The van der Waals surface area contributed by atoms with Gasteiger partial charge in [-0.1, -0.05) is 11.6 Å². The number of rotatable bonds is 5. The van der Waals surface area contributed by atoms with Crippen molar-refractivity contribution in [3.05, 3.63) is 16.4 Å². The summed E-state index contributed by atoms with van der Waals surface area (Å²) in [4.78, 5) is 13.8. The van der Waals surface area contributed by atoms with Crippen LogP contribution in [0.25, 0.3) is 0 Å². The van der Waals surface area contributed by atoms with Gasteiger partial charge >= 0.3 is 0 Å². The van der Waals surface area contributed by atoms with Crippen molar-refractivity contribution in [2.24, 2.45) is 7.05 Å². The van der Waals surface area contributed by atoms with Gasteiger partial charge in [0.05, 0.1) is 11.3 Å². The highest BCUT2D eigenvalue weighted by atomic mass is 35.5. The zero-order chi connectivity index (χ0) is 13.0. The third-order valence-electron chi connectivity index (χ3n) is 2.55. The highest BCUT2D eigenvalue weighted by Crippen LogP contribution is 2.20. The van der Waals surface area contributed by atoms with E-state index in [9.17, 15) is 4.79 Å². The molecule has 0 saturated heterocycles. The summed E-state index contributed by atoms with van der Waals surface area (Å²) in [5.74, 6) is -0.100. The molecule has 1 amide bonds. The topological polar surface area (TPSA) is 47.4 Å². The third-order valence-corrected chi connectivity index (χ3v) is 2.99. The van der Waals surface area contributed by atoms with E-state index in [2.05, 4.69) is 5.10 Å². The Morgan fingerprint density at radius 1 is 1.59 bits per heavy atom. The lowest BCUT2D eigenvalue weighted by Gasteiger charge is -2.16. The number of hydrogen-bond donors (Lipinski definition) is 0. The normalized spacial score (nSPS) is 10.6. The molecule has 0 unspecified atom stereocenters. The average Bonchev–Trinajstić information content (AvgIpc) is 2.52. The molecule has 96 valence electrons. The van der Waals surface area contributed by atoms with Gasteiger partial charge in [0.2, 0.25) is 0 Å². The fourth-order valence-electron chi connectivity index (χ4n) is 1.61. The van der Waals surface area contributed by atoms with Crippen LogP contribution in [0, 0.1) is 6.92 Å². The van der Waals surface area contributed by atoms with Crippen LogP contribution in [-0.2, 0) is 11.8 Å². The Morgan fingerprint density at radius 3 is 2.71 bits per heavy atom. The molecule has 6 heteroatoms. The molecular formula is C11H18ClN3O2. The molecule has 5 nitrogen and oxygen atoms in total. The lowest BCUT2D eigenvalue weighted by Crippen LogP contribution is -2.28. The van der Waals surface area contributed by atoms with Crippen LogP contribution in [0.3, 0.4) is 0 Å². The Kier molecular flexibility index (Phi) is 4.96. The highest BCUT2D eigenvalue weighted by Gasteiger charge is 2.21. The first-order valence-corrected chi connectivity index (χ1v) is 5.80. The van der Waals surface area contributed by atoms with Gasteiger partial charge in [-0.2, -0.15) is 5.10 Å². The fraction of sp³-hybridized carbons (Fsp3) is 0.636. The van der Waals surface area contributed by atoms with Crippen molar-refractivity contribution in [2.45, 2.75) is 13.3 Å². The largest absolute Gasteiger partial charge is 0.385 e. The first-order chi connectivity index (χ1) is 7.99. The van der Waals surface area contributed by atoms with Crippen molar-refractivity contribution >= 4 is 17.5 Å². The van der Waals surface area contributed by atoms with Gasteiger partial charge in [-0.05, 0) is 13.3 Å². The maximum Gasteiger partial charge on any atom is 0.258 e. The number of carbonyl (C=O) groups excluding carboxylic acids is 1. The van der Waals surface area contributed by atoms with E-state index in [1.165, 1.54) is 4.68 Å². The summed E-state index contributed by atoms with van der Waals surface area (Å²) in [6.45, 7) is 3.05. The van der Waals surface area contributed by atoms with Crippen LogP contribution in [0.4, 0.5) is 0 Å². The average molecular weight is 260 g/mol. The highest BCUT2D eigenvalue weighted by molar-refractivity contribution is 6.33. The van der Waals surface area contributed by atoms with E-state index < -0.39 is 0 Å². The SMILES string of the molecule is COCCCN(C)C(=O)c1c(C)nn(C)c1Cl. The molecule has 1 aromatic rings. The zero-order valence-electron chi connectivity index (χ0n) is 10.7. The quantitative estimate of drug-likeness (QED) is 0.753. The summed E-state index contributed by atoms with van der Waals surface area (Å²) in [6.07, 6.45) is 0.801. The molecule has 17 heavy (non-hydrogen) atoms. The molecule has 1 heterocycles. The van der Waals surface area contributed by atoms with Crippen LogP contribution < -0.4 is 0 Å². The van der Waals surface area contributed by atoms with Crippen molar-refractivity contribution in [3.8, 4) is 0 Å². The minimum absolute atomic E-state index is 0.100. The van der Waals surface area contributed by atoms with Crippen LogP contribution in [-0.4, -0.2) is 47.9 Å². The Balaban J connectivity index is 2.75. The van der Waals surface area contributed by atoms with Gasteiger partial charge in [-0.3, -0.25) is 9.48 Å². The number of amides is 1. The Morgan fingerprint density at radius 2 is 2.24 bits per heavy atom.